The predicted octanol–water partition coefficient (Wildman–Crippen LogP) is 4.99. The molecule has 2 aromatic rings. The fourth-order valence-electron chi connectivity index (χ4n) is 2.80. The van der Waals surface area contributed by atoms with Crippen molar-refractivity contribution in [3.63, 3.8) is 0 Å². The van der Waals surface area contributed by atoms with E-state index in [9.17, 15) is 8.42 Å². The number of sulfone groups is 1. The zero-order valence-corrected chi connectivity index (χ0v) is 19.1. The topological polar surface area (TPSA) is 61.8 Å². The lowest BCUT2D eigenvalue weighted by atomic mass is 10.1. The highest BCUT2D eigenvalue weighted by atomic mass is 32.2. The SMILES string of the molecule is COc1ccc(C2CS(=O)(=O)c3cc(O[Si](C)(C)C(C)(C)C)ccc3O2)cc1. The Balaban J connectivity index is 1.90. The van der Waals surface area contributed by atoms with Gasteiger partial charge in [0.2, 0.25) is 8.32 Å². The summed E-state index contributed by atoms with van der Waals surface area (Å²) in [6.45, 7) is 10.7. The molecule has 7 heteroatoms. The molecule has 1 unspecified atom stereocenters. The van der Waals surface area contributed by atoms with E-state index in [1.807, 2.05) is 12.1 Å². The third kappa shape index (κ3) is 4.05. The number of methoxy groups -OCH3 is 1. The van der Waals surface area contributed by atoms with Crippen LogP contribution in [0.4, 0.5) is 0 Å². The number of rotatable bonds is 4. The van der Waals surface area contributed by atoms with Crippen molar-refractivity contribution in [3.05, 3.63) is 48.0 Å². The zero-order chi connectivity index (χ0) is 20.7. The van der Waals surface area contributed by atoms with Crippen LogP contribution in [0.15, 0.2) is 47.4 Å². The lowest BCUT2D eigenvalue weighted by Crippen LogP contribution is -2.43. The Morgan fingerprint density at radius 2 is 1.64 bits per heavy atom. The normalized spacial score (nSPS) is 18.7. The first-order chi connectivity index (χ1) is 12.9. The molecular formula is C21H28O5SSi. The molecule has 1 aliphatic rings. The van der Waals surface area contributed by atoms with E-state index in [2.05, 4.69) is 33.9 Å². The maximum Gasteiger partial charge on any atom is 0.250 e. The van der Waals surface area contributed by atoms with E-state index in [-0.39, 0.29) is 15.7 Å². The molecule has 0 spiro atoms. The van der Waals surface area contributed by atoms with Gasteiger partial charge in [-0.05, 0) is 48.0 Å². The fourth-order valence-corrected chi connectivity index (χ4v) is 5.38. The van der Waals surface area contributed by atoms with E-state index in [0.29, 0.717) is 11.5 Å². The van der Waals surface area contributed by atoms with Crippen LogP contribution in [0.25, 0.3) is 0 Å². The highest BCUT2D eigenvalue weighted by Crippen LogP contribution is 2.41. The first-order valence-electron chi connectivity index (χ1n) is 9.29. The van der Waals surface area contributed by atoms with Crippen LogP contribution in [0.3, 0.4) is 0 Å². The predicted molar refractivity (Wildman–Crippen MR) is 113 cm³/mol. The minimum Gasteiger partial charge on any atom is -0.543 e. The molecule has 0 aromatic heterocycles. The summed E-state index contributed by atoms with van der Waals surface area (Å²) in [4.78, 5) is 0.202. The number of benzene rings is 2. The minimum atomic E-state index is -3.49. The van der Waals surface area contributed by atoms with Crippen LogP contribution in [-0.4, -0.2) is 29.6 Å². The third-order valence-corrected chi connectivity index (χ3v) is 11.6. The molecule has 0 radical (unpaired) electrons. The summed E-state index contributed by atoms with van der Waals surface area (Å²) in [5.74, 6) is 1.57. The van der Waals surface area contributed by atoms with Crippen molar-refractivity contribution in [1.29, 1.82) is 0 Å². The van der Waals surface area contributed by atoms with E-state index in [1.54, 1.807) is 37.4 Å². The van der Waals surface area contributed by atoms with Crippen LogP contribution in [0.2, 0.25) is 18.1 Å². The molecule has 2 aromatic carbocycles. The Morgan fingerprint density at radius 3 is 2.21 bits per heavy atom. The molecule has 0 amide bonds. The molecule has 0 saturated heterocycles. The van der Waals surface area contributed by atoms with Crippen LogP contribution in [0.1, 0.15) is 32.4 Å². The molecule has 1 heterocycles. The van der Waals surface area contributed by atoms with Crippen LogP contribution >= 0.6 is 0 Å². The van der Waals surface area contributed by atoms with Gasteiger partial charge in [-0.1, -0.05) is 32.9 Å². The molecule has 0 bridgehead atoms. The molecule has 1 atom stereocenters. The van der Waals surface area contributed by atoms with E-state index >= 15 is 0 Å². The highest BCUT2D eigenvalue weighted by molar-refractivity contribution is 7.91. The molecule has 28 heavy (non-hydrogen) atoms. The second-order valence-electron chi connectivity index (χ2n) is 8.63. The minimum absolute atomic E-state index is 0.0255. The van der Waals surface area contributed by atoms with Gasteiger partial charge in [-0.3, -0.25) is 0 Å². The summed E-state index contributed by atoms with van der Waals surface area (Å²) in [6, 6.07) is 12.4. The second kappa shape index (κ2) is 7.11. The van der Waals surface area contributed by atoms with Gasteiger partial charge in [-0.2, -0.15) is 0 Å². The Hall–Kier alpha value is -1.99. The molecular weight excluding hydrogens is 392 g/mol. The number of ether oxygens (including phenoxy) is 2. The monoisotopic (exact) mass is 420 g/mol. The van der Waals surface area contributed by atoms with Crippen LogP contribution in [0.5, 0.6) is 17.2 Å². The fraction of sp³-hybridized carbons (Fsp3) is 0.429. The van der Waals surface area contributed by atoms with Crippen molar-refractivity contribution in [3.8, 4) is 17.2 Å². The van der Waals surface area contributed by atoms with Gasteiger partial charge < -0.3 is 13.9 Å². The second-order valence-corrected chi connectivity index (χ2v) is 15.4. The van der Waals surface area contributed by atoms with Gasteiger partial charge >= 0.3 is 0 Å². The Labute approximate surface area is 168 Å². The van der Waals surface area contributed by atoms with Gasteiger partial charge in [-0.15, -0.1) is 0 Å². The average molecular weight is 421 g/mol. The van der Waals surface area contributed by atoms with Crippen molar-refractivity contribution in [2.45, 2.75) is 49.9 Å². The van der Waals surface area contributed by atoms with Crippen molar-refractivity contribution < 1.29 is 22.3 Å². The molecule has 0 saturated carbocycles. The number of hydrogen-bond donors (Lipinski definition) is 0. The first-order valence-corrected chi connectivity index (χ1v) is 13.9. The van der Waals surface area contributed by atoms with Gasteiger partial charge in [0.15, 0.2) is 9.84 Å². The Bertz CT molecular complexity index is 959. The average Bonchev–Trinajstić information content (AvgIpc) is 2.60. The summed E-state index contributed by atoms with van der Waals surface area (Å²) < 4.78 is 43.3. The number of fused-ring (bicyclic) bond motifs is 1. The van der Waals surface area contributed by atoms with Crippen LogP contribution in [-0.2, 0) is 9.84 Å². The zero-order valence-electron chi connectivity index (χ0n) is 17.3. The maximum absolute atomic E-state index is 12.9. The molecule has 152 valence electrons. The molecule has 0 aliphatic carbocycles. The standard InChI is InChI=1S/C21H28O5SSi/c1-21(2,3)28(5,6)26-17-11-12-18-20(13-17)27(22,23)14-19(25-18)15-7-9-16(24-4)10-8-15/h7-13,19H,14H2,1-6H3. The molecule has 1 aliphatic heterocycles. The molecule has 0 fully saturated rings. The Morgan fingerprint density at radius 1 is 1.04 bits per heavy atom. The van der Waals surface area contributed by atoms with Crippen molar-refractivity contribution in [1.82, 2.24) is 0 Å². The molecule has 5 nitrogen and oxygen atoms in total. The highest BCUT2D eigenvalue weighted by Gasteiger charge is 2.40. The smallest absolute Gasteiger partial charge is 0.250 e. The summed E-state index contributed by atoms with van der Waals surface area (Å²) in [5, 5.41) is 0.0255. The van der Waals surface area contributed by atoms with E-state index in [4.69, 9.17) is 13.9 Å². The van der Waals surface area contributed by atoms with Gasteiger partial charge in [0, 0.05) is 6.07 Å². The largest absolute Gasteiger partial charge is 0.543 e. The van der Waals surface area contributed by atoms with Crippen molar-refractivity contribution >= 4 is 18.2 Å². The van der Waals surface area contributed by atoms with Gasteiger partial charge in [-0.25, -0.2) is 8.42 Å². The van der Waals surface area contributed by atoms with E-state index < -0.39 is 24.3 Å². The van der Waals surface area contributed by atoms with Crippen molar-refractivity contribution in [2.24, 2.45) is 0 Å². The van der Waals surface area contributed by atoms with Gasteiger partial charge in [0.1, 0.15) is 28.2 Å². The van der Waals surface area contributed by atoms with Crippen LogP contribution < -0.4 is 13.9 Å². The lowest BCUT2D eigenvalue weighted by Gasteiger charge is -2.36. The maximum atomic E-state index is 12.9. The third-order valence-electron chi connectivity index (χ3n) is 5.56. The van der Waals surface area contributed by atoms with E-state index in [1.165, 1.54) is 0 Å². The number of hydrogen-bond acceptors (Lipinski definition) is 5. The summed E-state index contributed by atoms with van der Waals surface area (Å²) >= 11 is 0. The first kappa shape index (κ1) is 20.7. The Kier molecular flexibility index (Phi) is 5.27. The summed E-state index contributed by atoms with van der Waals surface area (Å²) in [7, 11) is -3.96. The van der Waals surface area contributed by atoms with Crippen LogP contribution in [0, 0.1) is 0 Å². The summed E-state index contributed by atoms with van der Waals surface area (Å²) in [5.41, 5.74) is 0.802. The van der Waals surface area contributed by atoms with E-state index in [0.717, 1.165) is 11.3 Å². The van der Waals surface area contributed by atoms with Gasteiger partial charge in [0.05, 0.1) is 12.9 Å². The molecule has 0 N–H and O–H groups in total. The molecule has 3 rings (SSSR count). The summed E-state index contributed by atoms with van der Waals surface area (Å²) in [6.07, 6.45) is -0.546. The van der Waals surface area contributed by atoms with Crippen molar-refractivity contribution in [2.75, 3.05) is 12.9 Å². The van der Waals surface area contributed by atoms with Gasteiger partial charge in [0.25, 0.3) is 0 Å². The quantitative estimate of drug-likeness (QED) is 0.652. The lowest BCUT2D eigenvalue weighted by molar-refractivity contribution is 0.214.